The predicted molar refractivity (Wildman–Crippen MR) is 96.1 cm³/mol. The van der Waals surface area contributed by atoms with Gasteiger partial charge < -0.3 is 14.4 Å². The summed E-state index contributed by atoms with van der Waals surface area (Å²) in [7, 11) is -3.08. The first-order valence-electron chi connectivity index (χ1n) is 8.02. The second-order valence-corrected chi connectivity index (χ2v) is 9.96. The number of nitrogens with zero attached hydrogens (tertiary/aromatic N) is 2. The Morgan fingerprint density at radius 1 is 1.28 bits per heavy atom. The molecule has 0 saturated carbocycles. The molecule has 1 aromatic rings. The van der Waals surface area contributed by atoms with Crippen molar-refractivity contribution in [3.05, 3.63) is 18.2 Å². The highest BCUT2D eigenvalue weighted by Gasteiger charge is 2.49. The summed E-state index contributed by atoms with van der Waals surface area (Å²) < 4.78 is 34.9. The van der Waals surface area contributed by atoms with E-state index in [0.717, 1.165) is 5.69 Å². The number of hydrogen-bond acceptors (Lipinski definition) is 6. The molecule has 1 aromatic carbocycles. The molecule has 4 rings (SSSR count). The Morgan fingerprint density at radius 2 is 2.04 bits per heavy atom. The Balaban J connectivity index is 1.75. The number of rotatable bonds is 2. The highest BCUT2D eigenvalue weighted by atomic mass is 32.2. The minimum absolute atomic E-state index is 0.0635. The van der Waals surface area contributed by atoms with Crippen LogP contribution >= 0.6 is 11.8 Å². The maximum Gasteiger partial charge on any atom is 0.250 e. The Bertz CT molecular complexity index is 865. The molecule has 3 aliphatic heterocycles. The first-order valence-corrected chi connectivity index (χ1v) is 10.7. The lowest BCUT2D eigenvalue weighted by atomic mass is 10.2. The molecule has 1 amide bonds. The number of aliphatic imine (C=N–C) groups is 1. The van der Waals surface area contributed by atoms with Crippen LogP contribution < -0.4 is 14.4 Å². The molecule has 0 N–H and O–H groups in total. The number of thioether (sulfide) groups is 1. The third-order valence-electron chi connectivity index (χ3n) is 4.40. The molecule has 0 aliphatic carbocycles. The van der Waals surface area contributed by atoms with Crippen LogP contribution in [0.4, 0.5) is 5.69 Å². The van der Waals surface area contributed by atoms with E-state index in [4.69, 9.17) is 9.47 Å². The van der Waals surface area contributed by atoms with E-state index in [2.05, 4.69) is 4.99 Å². The van der Waals surface area contributed by atoms with E-state index in [1.807, 2.05) is 17.0 Å². The maximum atomic E-state index is 12.1. The lowest BCUT2D eigenvalue weighted by Gasteiger charge is -2.24. The van der Waals surface area contributed by atoms with Gasteiger partial charge in [0.1, 0.15) is 0 Å². The average molecular weight is 382 g/mol. The highest BCUT2D eigenvalue weighted by molar-refractivity contribution is 8.16. The molecule has 25 heavy (non-hydrogen) atoms. The summed E-state index contributed by atoms with van der Waals surface area (Å²) in [5.74, 6) is 1.02. The minimum atomic E-state index is -3.08. The quantitative estimate of drug-likeness (QED) is 0.769. The Morgan fingerprint density at radius 3 is 2.80 bits per heavy atom. The number of hydrogen-bond donors (Lipinski definition) is 0. The van der Waals surface area contributed by atoms with Crippen molar-refractivity contribution in [1.82, 2.24) is 0 Å². The SMILES string of the molecule is CC(C)C(=O)N=C1S[C@H]2CS(=O)(=O)C[C@H]2N1c1ccc2c(c1)OCO2. The first-order chi connectivity index (χ1) is 11.8. The fourth-order valence-corrected chi connectivity index (χ4v) is 7.04. The van der Waals surface area contributed by atoms with Crippen LogP contribution in [0, 0.1) is 5.92 Å². The molecule has 0 spiro atoms. The van der Waals surface area contributed by atoms with Crippen molar-refractivity contribution in [2.75, 3.05) is 23.2 Å². The molecule has 3 heterocycles. The van der Waals surface area contributed by atoms with Crippen LogP contribution in [-0.4, -0.2) is 49.1 Å². The molecule has 7 nitrogen and oxygen atoms in total. The zero-order valence-electron chi connectivity index (χ0n) is 13.8. The van der Waals surface area contributed by atoms with Crippen LogP contribution in [-0.2, 0) is 14.6 Å². The fraction of sp³-hybridized carbons (Fsp3) is 0.500. The summed E-state index contributed by atoms with van der Waals surface area (Å²) in [6.45, 7) is 3.76. The molecule has 0 radical (unpaired) electrons. The average Bonchev–Trinajstić information content (AvgIpc) is 3.18. The normalized spacial score (nSPS) is 28.0. The number of anilines is 1. The Hall–Kier alpha value is -1.74. The van der Waals surface area contributed by atoms with Gasteiger partial charge in [0.2, 0.25) is 6.79 Å². The van der Waals surface area contributed by atoms with Crippen molar-refractivity contribution in [2.24, 2.45) is 10.9 Å². The van der Waals surface area contributed by atoms with Gasteiger partial charge >= 0.3 is 0 Å². The number of benzene rings is 1. The molecule has 0 bridgehead atoms. The Kier molecular flexibility index (Phi) is 3.95. The summed E-state index contributed by atoms with van der Waals surface area (Å²) >= 11 is 1.37. The van der Waals surface area contributed by atoms with E-state index >= 15 is 0 Å². The predicted octanol–water partition coefficient (Wildman–Crippen LogP) is 1.67. The van der Waals surface area contributed by atoms with Gasteiger partial charge in [0.25, 0.3) is 5.91 Å². The van der Waals surface area contributed by atoms with Crippen molar-refractivity contribution >= 4 is 38.4 Å². The number of sulfone groups is 1. The molecule has 2 atom stereocenters. The van der Waals surface area contributed by atoms with Crippen LogP contribution in [0.5, 0.6) is 11.5 Å². The number of carbonyl (C=O) groups excluding carboxylic acids is 1. The van der Waals surface area contributed by atoms with Crippen LogP contribution in [0.3, 0.4) is 0 Å². The third-order valence-corrected chi connectivity index (χ3v) is 7.61. The lowest BCUT2D eigenvalue weighted by molar-refractivity contribution is -0.120. The third kappa shape index (κ3) is 2.99. The van der Waals surface area contributed by atoms with Gasteiger partial charge in [-0.3, -0.25) is 4.79 Å². The van der Waals surface area contributed by atoms with Crippen LogP contribution in [0.2, 0.25) is 0 Å². The standard InChI is InChI=1S/C16H18N2O5S2/c1-9(2)15(19)17-16-18(11-6-25(20,21)7-14(11)24-16)10-3-4-12-13(5-10)23-8-22-12/h3-5,9,11,14H,6-8H2,1-2H3/t11-,14+/m1/s1. The maximum absolute atomic E-state index is 12.1. The molecule has 9 heteroatoms. The van der Waals surface area contributed by atoms with Gasteiger partial charge in [-0.15, -0.1) is 0 Å². The molecule has 134 valence electrons. The van der Waals surface area contributed by atoms with Gasteiger partial charge in [-0.25, -0.2) is 8.42 Å². The topological polar surface area (TPSA) is 85.3 Å². The van der Waals surface area contributed by atoms with Gasteiger partial charge in [-0.2, -0.15) is 4.99 Å². The van der Waals surface area contributed by atoms with Gasteiger partial charge in [-0.1, -0.05) is 25.6 Å². The lowest BCUT2D eigenvalue weighted by Crippen LogP contribution is -2.37. The smallest absolute Gasteiger partial charge is 0.250 e. The number of ether oxygens (including phenoxy) is 2. The molecular formula is C16H18N2O5S2. The molecule has 0 unspecified atom stereocenters. The van der Waals surface area contributed by atoms with Gasteiger partial charge in [0.05, 0.1) is 17.5 Å². The second kappa shape index (κ2) is 5.91. The summed E-state index contributed by atoms with van der Waals surface area (Å²) in [4.78, 5) is 18.2. The number of amidine groups is 1. The van der Waals surface area contributed by atoms with Gasteiger partial charge in [0, 0.05) is 22.9 Å². The Labute approximate surface area is 150 Å². The van der Waals surface area contributed by atoms with E-state index in [0.29, 0.717) is 16.7 Å². The monoisotopic (exact) mass is 382 g/mol. The van der Waals surface area contributed by atoms with Crippen LogP contribution in [0.1, 0.15) is 13.8 Å². The van der Waals surface area contributed by atoms with Crippen LogP contribution in [0.25, 0.3) is 0 Å². The van der Waals surface area contributed by atoms with E-state index in [1.54, 1.807) is 19.9 Å². The van der Waals surface area contributed by atoms with E-state index in [-0.39, 0.29) is 41.4 Å². The van der Waals surface area contributed by atoms with Crippen molar-refractivity contribution < 1.29 is 22.7 Å². The van der Waals surface area contributed by atoms with Gasteiger partial charge in [0.15, 0.2) is 26.5 Å². The van der Waals surface area contributed by atoms with Crippen LogP contribution in [0.15, 0.2) is 23.2 Å². The first kappa shape index (κ1) is 16.7. The zero-order valence-corrected chi connectivity index (χ0v) is 15.5. The van der Waals surface area contributed by atoms with Gasteiger partial charge in [-0.05, 0) is 12.1 Å². The molecule has 3 aliphatic rings. The highest BCUT2D eigenvalue weighted by Crippen LogP contribution is 2.43. The van der Waals surface area contributed by atoms with E-state index in [1.165, 1.54) is 11.8 Å². The van der Waals surface area contributed by atoms with Crippen molar-refractivity contribution in [3.8, 4) is 11.5 Å². The largest absolute Gasteiger partial charge is 0.454 e. The number of amides is 1. The number of carbonyl (C=O) groups is 1. The summed E-state index contributed by atoms with van der Waals surface area (Å²) in [6.07, 6.45) is 0. The van der Waals surface area contributed by atoms with Crippen molar-refractivity contribution in [1.29, 1.82) is 0 Å². The molecule has 0 aromatic heterocycles. The fourth-order valence-electron chi connectivity index (χ4n) is 3.12. The molecular weight excluding hydrogens is 364 g/mol. The van der Waals surface area contributed by atoms with E-state index in [9.17, 15) is 13.2 Å². The zero-order chi connectivity index (χ0) is 17.8. The summed E-state index contributed by atoms with van der Waals surface area (Å²) in [6, 6.07) is 5.22. The molecule has 2 saturated heterocycles. The summed E-state index contributed by atoms with van der Waals surface area (Å²) in [5.41, 5.74) is 0.761. The summed E-state index contributed by atoms with van der Waals surface area (Å²) in [5, 5.41) is 0.441. The number of fused-ring (bicyclic) bond motifs is 2. The van der Waals surface area contributed by atoms with Crippen molar-refractivity contribution in [3.63, 3.8) is 0 Å². The van der Waals surface area contributed by atoms with Crippen molar-refractivity contribution in [2.45, 2.75) is 25.1 Å². The van der Waals surface area contributed by atoms with E-state index < -0.39 is 9.84 Å². The second-order valence-electron chi connectivity index (χ2n) is 6.60. The minimum Gasteiger partial charge on any atom is -0.454 e. The molecule has 2 fully saturated rings.